The van der Waals surface area contributed by atoms with Crippen LogP contribution in [0.5, 0.6) is 0 Å². The van der Waals surface area contributed by atoms with Crippen molar-refractivity contribution in [2.75, 3.05) is 0 Å². The summed E-state index contributed by atoms with van der Waals surface area (Å²) in [6.07, 6.45) is 3.93. The summed E-state index contributed by atoms with van der Waals surface area (Å²) >= 11 is 13.6. The topological polar surface area (TPSA) is 17.8 Å². The number of nitrogens with zero attached hydrogens (tertiary/aromatic N) is 2. The van der Waals surface area contributed by atoms with E-state index in [9.17, 15) is 0 Å². The Labute approximate surface area is 118 Å². The van der Waals surface area contributed by atoms with E-state index in [-0.39, 0.29) is 0 Å². The Hall–Kier alpha value is -1.29. The largest absolute Gasteiger partial charge is 0.300 e. The van der Waals surface area contributed by atoms with Gasteiger partial charge in [0.15, 0.2) is 5.13 Å². The molecule has 3 rings (SSSR count). The van der Waals surface area contributed by atoms with Gasteiger partial charge in [-0.05, 0) is 30.3 Å². The first kappa shape index (κ1) is 11.8. The molecule has 2 nitrogen and oxygen atoms in total. The molecule has 0 aliphatic heterocycles. The van der Waals surface area contributed by atoms with E-state index >= 15 is 0 Å². The third-order valence-corrected chi connectivity index (χ3v) is 3.93. The van der Waals surface area contributed by atoms with Crippen LogP contribution in [-0.2, 0) is 0 Å². The van der Waals surface area contributed by atoms with E-state index in [2.05, 4.69) is 4.98 Å². The molecule has 18 heavy (non-hydrogen) atoms. The van der Waals surface area contributed by atoms with E-state index in [4.69, 9.17) is 23.2 Å². The van der Waals surface area contributed by atoms with Crippen molar-refractivity contribution in [1.29, 1.82) is 0 Å². The van der Waals surface area contributed by atoms with Crippen molar-refractivity contribution in [2.45, 2.75) is 0 Å². The van der Waals surface area contributed by atoms with Crippen LogP contribution in [0.3, 0.4) is 0 Å². The second-order valence-electron chi connectivity index (χ2n) is 3.73. The van der Waals surface area contributed by atoms with Gasteiger partial charge in [-0.1, -0.05) is 23.2 Å². The smallest absolute Gasteiger partial charge is 0.194 e. The molecule has 3 aromatic rings. The molecule has 0 fully saturated rings. The standard InChI is InChI=1S/C13H8Cl2N2S/c14-9-3-4-10(11(15)7-9)12-8-18-13(16-12)17-5-1-2-6-17/h1-8H. The van der Waals surface area contributed by atoms with Gasteiger partial charge in [0.1, 0.15) is 0 Å². The maximum absolute atomic E-state index is 6.17. The van der Waals surface area contributed by atoms with Crippen LogP contribution in [0.4, 0.5) is 0 Å². The number of aromatic nitrogens is 2. The fourth-order valence-electron chi connectivity index (χ4n) is 1.67. The highest BCUT2D eigenvalue weighted by Crippen LogP contribution is 2.31. The number of halogens is 2. The molecule has 0 saturated carbocycles. The lowest BCUT2D eigenvalue weighted by molar-refractivity contribution is 1.05. The number of hydrogen-bond acceptors (Lipinski definition) is 2. The molecule has 0 aliphatic carbocycles. The molecule has 0 saturated heterocycles. The normalized spacial score (nSPS) is 10.8. The van der Waals surface area contributed by atoms with Gasteiger partial charge in [0, 0.05) is 28.4 Å². The molecular formula is C13H8Cl2N2S. The van der Waals surface area contributed by atoms with Crippen molar-refractivity contribution in [1.82, 2.24) is 9.55 Å². The van der Waals surface area contributed by atoms with E-state index in [1.54, 1.807) is 17.4 Å². The number of benzene rings is 1. The number of hydrogen-bond donors (Lipinski definition) is 0. The minimum atomic E-state index is 0.617. The highest BCUT2D eigenvalue weighted by molar-refractivity contribution is 7.12. The summed E-state index contributed by atoms with van der Waals surface area (Å²) in [7, 11) is 0. The highest BCUT2D eigenvalue weighted by atomic mass is 35.5. The number of thiazole rings is 1. The van der Waals surface area contributed by atoms with Crippen LogP contribution < -0.4 is 0 Å². The van der Waals surface area contributed by atoms with Gasteiger partial charge in [0.2, 0.25) is 0 Å². The molecule has 0 amide bonds. The monoisotopic (exact) mass is 294 g/mol. The summed E-state index contributed by atoms with van der Waals surface area (Å²) in [5.74, 6) is 0. The number of rotatable bonds is 2. The molecule has 0 bridgehead atoms. The van der Waals surface area contributed by atoms with Crippen molar-refractivity contribution >= 4 is 34.5 Å². The van der Waals surface area contributed by atoms with Gasteiger partial charge >= 0.3 is 0 Å². The first-order valence-electron chi connectivity index (χ1n) is 5.28. The molecule has 0 atom stereocenters. The van der Waals surface area contributed by atoms with Crippen LogP contribution in [0.25, 0.3) is 16.4 Å². The van der Waals surface area contributed by atoms with Crippen molar-refractivity contribution in [3.63, 3.8) is 0 Å². The zero-order valence-electron chi connectivity index (χ0n) is 9.18. The van der Waals surface area contributed by atoms with Gasteiger partial charge in [-0.25, -0.2) is 4.98 Å². The van der Waals surface area contributed by atoms with Crippen molar-refractivity contribution in [3.8, 4) is 16.4 Å². The molecule has 2 heterocycles. The Kier molecular flexibility index (Phi) is 3.12. The molecule has 0 aliphatic rings. The zero-order chi connectivity index (χ0) is 12.5. The average molecular weight is 295 g/mol. The summed E-state index contributed by atoms with van der Waals surface area (Å²) in [5, 5.41) is 4.15. The van der Waals surface area contributed by atoms with Crippen LogP contribution >= 0.6 is 34.5 Å². The van der Waals surface area contributed by atoms with Crippen molar-refractivity contribution in [2.24, 2.45) is 0 Å². The predicted octanol–water partition coefficient (Wildman–Crippen LogP) is 4.91. The SMILES string of the molecule is Clc1ccc(-c2csc(-n3cccc3)n2)c(Cl)c1. The fourth-order valence-corrected chi connectivity index (χ4v) is 2.96. The van der Waals surface area contributed by atoms with Gasteiger partial charge < -0.3 is 4.57 Å². The van der Waals surface area contributed by atoms with Crippen molar-refractivity contribution < 1.29 is 0 Å². The maximum atomic E-state index is 6.17. The van der Waals surface area contributed by atoms with Crippen LogP contribution in [0.2, 0.25) is 10.0 Å². The highest BCUT2D eigenvalue weighted by Gasteiger charge is 2.09. The lowest BCUT2D eigenvalue weighted by Gasteiger charge is -2.01. The Bertz CT molecular complexity index is 674. The molecule has 0 spiro atoms. The molecule has 0 unspecified atom stereocenters. The Morgan fingerprint density at radius 2 is 1.89 bits per heavy atom. The Balaban J connectivity index is 2.03. The van der Waals surface area contributed by atoms with Crippen LogP contribution in [-0.4, -0.2) is 9.55 Å². The van der Waals surface area contributed by atoms with Gasteiger partial charge in [-0.3, -0.25) is 0 Å². The third kappa shape index (κ3) is 2.17. The van der Waals surface area contributed by atoms with E-state index in [0.29, 0.717) is 10.0 Å². The Morgan fingerprint density at radius 1 is 1.11 bits per heavy atom. The van der Waals surface area contributed by atoms with Gasteiger partial charge in [0.05, 0.1) is 10.7 Å². The summed E-state index contributed by atoms with van der Waals surface area (Å²) in [4.78, 5) is 4.57. The average Bonchev–Trinajstić information content (AvgIpc) is 2.99. The predicted molar refractivity (Wildman–Crippen MR) is 76.9 cm³/mol. The maximum Gasteiger partial charge on any atom is 0.194 e. The van der Waals surface area contributed by atoms with Crippen molar-refractivity contribution in [3.05, 3.63) is 58.2 Å². The second-order valence-corrected chi connectivity index (χ2v) is 5.41. The molecule has 1 aromatic carbocycles. The molecular weight excluding hydrogens is 287 g/mol. The quantitative estimate of drug-likeness (QED) is 0.657. The molecule has 90 valence electrons. The minimum Gasteiger partial charge on any atom is -0.300 e. The van der Waals surface area contributed by atoms with E-state index in [0.717, 1.165) is 16.4 Å². The molecule has 0 radical (unpaired) electrons. The lowest BCUT2D eigenvalue weighted by atomic mass is 10.2. The van der Waals surface area contributed by atoms with Gasteiger partial charge in [-0.2, -0.15) is 0 Å². The molecule has 2 aromatic heterocycles. The summed E-state index contributed by atoms with van der Waals surface area (Å²) < 4.78 is 1.97. The van der Waals surface area contributed by atoms with Gasteiger partial charge in [-0.15, -0.1) is 11.3 Å². The van der Waals surface area contributed by atoms with E-state index in [1.807, 2.05) is 46.6 Å². The van der Waals surface area contributed by atoms with E-state index in [1.165, 1.54) is 0 Å². The third-order valence-electron chi connectivity index (χ3n) is 2.52. The van der Waals surface area contributed by atoms with Crippen LogP contribution in [0.15, 0.2) is 48.1 Å². The van der Waals surface area contributed by atoms with Gasteiger partial charge in [0.25, 0.3) is 0 Å². The first-order valence-corrected chi connectivity index (χ1v) is 6.92. The molecule has 0 N–H and O–H groups in total. The van der Waals surface area contributed by atoms with E-state index < -0.39 is 0 Å². The lowest BCUT2D eigenvalue weighted by Crippen LogP contribution is -1.88. The second kappa shape index (κ2) is 4.76. The zero-order valence-corrected chi connectivity index (χ0v) is 11.5. The Morgan fingerprint density at radius 3 is 2.61 bits per heavy atom. The fraction of sp³-hybridized carbons (Fsp3) is 0. The summed E-state index contributed by atoms with van der Waals surface area (Å²) in [6, 6.07) is 9.37. The van der Waals surface area contributed by atoms with Crippen LogP contribution in [0, 0.1) is 0 Å². The summed E-state index contributed by atoms with van der Waals surface area (Å²) in [5.41, 5.74) is 1.76. The molecule has 5 heteroatoms. The first-order chi connectivity index (χ1) is 8.74. The minimum absolute atomic E-state index is 0.617. The van der Waals surface area contributed by atoms with Crippen LogP contribution in [0.1, 0.15) is 0 Å². The summed E-state index contributed by atoms with van der Waals surface area (Å²) in [6.45, 7) is 0.